The predicted molar refractivity (Wildman–Crippen MR) is 236 cm³/mol. The molecule has 0 aromatic carbocycles. The third-order valence-corrected chi connectivity index (χ3v) is 10.9. The van der Waals surface area contributed by atoms with Gasteiger partial charge in [-0.05, 0) is 57.8 Å². The van der Waals surface area contributed by atoms with Crippen LogP contribution in [-0.4, -0.2) is 46.1 Å². The highest BCUT2D eigenvalue weighted by molar-refractivity contribution is 5.76. The van der Waals surface area contributed by atoms with Crippen LogP contribution in [0.25, 0.3) is 0 Å². The number of hydrogen-bond acceptors (Lipinski definition) is 4. The van der Waals surface area contributed by atoms with Gasteiger partial charge in [-0.2, -0.15) is 0 Å². The van der Waals surface area contributed by atoms with E-state index in [2.05, 4.69) is 43.5 Å². The van der Waals surface area contributed by atoms with Gasteiger partial charge in [0.05, 0.1) is 31.3 Å². The summed E-state index contributed by atoms with van der Waals surface area (Å²) in [6.45, 7) is 4.21. The number of nitrogens with one attached hydrogen (secondary N) is 1. The lowest BCUT2D eigenvalue weighted by atomic mass is 10.0. The van der Waals surface area contributed by atoms with Crippen molar-refractivity contribution in [3.63, 3.8) is 0 Å². The fraction of sp³-hybridized carbons (Fsp3) is 0.857. The molecule has 0 rings (SSSR count). The number of amides is 1. The van der Waals surface area contributed by atoms with Gasteiger partial charge in [-0.25, -0.2) is 0 Å². The molecule has 0 radical (unpaired) electrons. The van der Waals surface area contributed by atoms with E-state index < -0.39 is 18.2 Å². The van der Waals surface area contributed by atoms with E-state index >= 15 is 0 Å². The fourth-order valence-electron chi connectivity index (χ4n) is 7.23. The van der Waals surface area contributed by atoms with E-state index in [0.29, 0.717) is 6.42 Å². The largest absolute Gasteiger partial charge is 0.394 e. The van der Waals surface area contributed by atoms with Gasteiger partial charge in [-0.3, -0.25) is 4.79 Å². The molecule has 54 heavy (non-hydrogen) atoms. The molecule has 4 N–H and O–H groups in total. The Hall–Kier alpha value is -1.43. The van der Waals surface area contributed by atoms with Crippen LogP contribution in [0.2, 0.25) is 0 Å². The first-order valence-corrected chi connectivity index (χ1v) is 23.8. The lowest BCUT2D eigenvalue weighted by Gasteiger charge is -2.21. The van der Waals surface area contributed by atoms with E-state index in [0.717, 1.165) is 32.1 Å². The predicted octanol–water partition coefficient (Wildman–Crippen LogP) is 13.9. The standard InChI is InChI=1S/C49H93NO4/c1-3-5-7-9-11-13-15-17-19-20-21-22-23-24-25-26-27-29-30-32-34-36-38-40-42-46(52)44-49(54)50-47(45-51)48(53)43-41-39-37-35-33-31-28-18-16-14-12-10-8-6-4-2/h24-25,33,35,41,43,46-48,51-53H,3-23,26-32,34,36-40,42,44-45H2,1-2H3,(H,50,54)/b25-24-,35-33+,43-41+. The molecule has 0 fully saturated rings. The molecular formula is C49H93NO4. The average molecular weight is 760 g/mol. The Balaban J connectivity index is 3.64. The topological polar surface area (TPSA) is 89.8 Å². The van der Waals surface area contributed by atoms with Crippen molar-refractivity contribution in [2.45, 2.75) is 263 Å². The van der Waals surface area contributed by atoms with Gasteiger partial charge in [-0.1, -0.05) is 217 Å². The second-order valence-electron chi connectivity index (χ2n) is 16.4. The highest BCUT2D eigenvalue weighted by atomic mass is 16.3. The van der Waals surface area contributed by atoms with Crippen LogP contribution in [0.15, 0.2) is 36.5 Å². The second-order valence-corrected chi connectivity index (χ2v) is 16.4. The molecule has 0 aliphatic rings. The molecule has 0 aromatic rings. The zero-order valence-corrected chi connectivity index (χ0v) is 36.1. The maximum absolute atomic E-state index is 12.4. The van der Waals surface area contributed by atoms with E-state index in [1.807, 2.05) is 6.08 Å². The molecule has 0 spiro atoms. The van der Waals surface area contributed by atoms with Crippen molar-refractivity contribution in [2.75, 3.05) is 6.61 Å². The van der Waals surface area contributed by atoms with Gasteiger partial charge in [-0.15, -0.1) is 0 Å². The first-order chi connectivity index (χ1) is 26.5. The minimum atomic E-state index is -0.951. The van der Waals surface area contributed by atoms with E-state index in [4.69, 9.17) is 0 Å². The first-order valence-electron chi connectivity index (χ1n) is 23.8. The molecule has 5 heteroatoms. The molecule has 0 aliphatic heterocycles. The van der Waals surface area contributed by atoms with Crippen molar-refractivity contribution in [3.05, 3.63) is 36.5 Å². The van der Waals surface area contributed by atoms with E-state index in [9.17, 15) is 20.1 Å². The van der Waals surface area contributed by atoms with Crippen LogP contribution in [0.3, 0.4) is 0 Å². The molecular weight excluding hydrogens is 667 g/mol. The number of carbonyl (C=O) groups is 1. The highest BCUT2D eigenvalue weighted by Gasteiger charge is 2.20. The molecule has 0 bridgehead atoms. The number of hydrogen-bond donors (Lipinski definition) is 4. The van der Waals surface area contributed by atoms with Crippen molar-refractivity contribution in [2.24, 2.45) is 0 Å². The number of allylic oxidation sites excluding steroid dienone is 5. The summed E-state index contributed by atoms with van der Waals surface area (Å²) in [7, 11) is 0. The van der Waals surface area contributed by atoms with Crippen LogP contribution in [0.1, 0.15) is 245 Å². The molecule has 5 nitrogen and oxygen atoms in total. The Kier molecular flexibility index (Phi) is 43.1. The Morgan fingerprint density at radius 3 is 1.19 bits per heavy atom. The van der Waals surface area contributed by atoms with Crippen LogP contribution in [0.5, 0.6) is 0 Å². The Bertz CT molecular complexity index is 840. The van der Waals surface area contributed by atoms with Crippen LogP contribution in [0, 0.1) is 0 Å². The molecule has 0 saturated carbocycles. The molecule has 1 amide bonds. The zero-order chi connectivity index (χ0) is 39.4. The van der Waals surface area contributed by atoms with Gasteiger partial charge < -0.3 is 20.6 Å². The fourth-order valence-corrected chi connectivity index (χ4v) is 7.23. The third kappa shape index (κ3) is 40.2. The van der Waals surface area contributed by atoms with Gasteiger partial charge >= 0.3 is 0 Å². The summed E-state index contributed by atoms with van der Waals surface area (Å²) < 4.78 is 0. The molecule has 318 valence electrons. The summed E-state index contributed by atoms with van der Waals surface area (Å²) in [5.41, 5.74) is 0. The van der Waals surface area contributed by atoms with Gasteiger partial charge in [0, 0.05) is 0 Å². The minimum Gasteiger partial charge on any atom is -0.394 e. The summed E-state index contributed by atoms with van der Waals surface area (Å²) in [6.07, 6.45) is 55.9. The van der Waals surface area contributed by atoms with Gasteiger partial charge in [0.2, 0.25) is 5.91 Å². The SMILES string of the molecule is CCCCCCCCCCC/C=C/CC/C=C/C(O)C(CO)NC(=O)CC(O)CCCCCCCCCC/C=C\CCCCCCCCCCCCCC. The molecule has 0 saturated heterocycles. The monoisotopic (exact) mass is 760 g/mol. The van der Waals surface area contributed by atoms with Gasteiger partial charge in [0.25, 0.3) is 0 Å². The number of rotatable bonds is 43. The smallest absolute Gasteiger partial charge is 0.222 e. The third-order valence-electron chi connectivity index (χ3n) is 10.9. The maximum atomic E-state index is 12.4. The highest BCUT2D eigenvalue weighted by Crippen LogP contribution is 2.15. The van der Waals surface area contributed by atoms with Crippen LogP contribution in [0.4, 0.5) is 0 Å². The second kappa shape index (κ2) is 44.3. The molecule has 3 unspecified atom stereocenters. The summed E-state index contributed by atoms with van der Waals surface area (Å²) in [4.78, 5) is 12.4. The quantitative estimate of drug-likeness (QED) is 0.0368. The van der Waals surface area contributed by atoms with Crippen LogP contribution < -0.4 is 5.32 Å². The van der Waals surface area contributed by atoms with Gasteiger partial charge in [0.1, 0.15) is 0 Å². The number of carbonyl (C=O) groups excluding carboxylic acids is 1. The van der Waals surface area contributed by atoms with E-state index in [1.165, 1.54) is 186 Å². The zero-order valence-electron chi connectivity index (χ0n) is 36.1. The molecule has 0 aromatic heterocycles. The Morgan fingerprint density at radius 1 is 0.463 bits per heavy atom. The lowest BCUT2D eigenvalue weighted by Crippen LogP contribution is -2.45. The Morgan fingerprint density at radius 2 is 0.796 bits per heavy atom. The van der Waals surface area contributed by atoms with Crippen molar-refractivity contribution < 1.29 is 20.1 Å². The lowest BCUT2D eigenvalue weighted by molar-refractivity contribution is -0.124. The number of aliphatic hydroxyl groups excluding tert-OH is 3. The van der Waals surface area contributed by atoms with E-state index in [-0.39, 0.29) is 18.9 Å². The molecule has 0 heterocycles. The van der Waals surface area contributed by atoms with Crippen molar-refractivity contribution in [1.29, 1.82) is 0 Å². The van der Waals surface area contributed by atoms with Crippen LogP contribution >= 0.6 is 0 Å². The number of aliphatic hydroxyl groups is 3. The summed E-state index contributed by atoms with van der Waals surface area (Å²) >= 11 is 0. The first kappa shape index (κ1) is 52.6. The van der Waals surface area contributed by atoms with E-state index in [1.54, 1.807) is 6.08 Å². The number of unbranched alkanes of at least 4 members (excludes halogenated alkanes) is 30. The normalized spacial score (nSPS) is 13.8. The molecule has 3 atom stereocenters. The van der Waals surface area contributed by atoms with Crippen molar-refractivity contribution in [1.82, 2.24) is 5.32 Å². The molecule has 0 aliphatic carbocycles. The summed E-state index contributed by atoms with van der Waals surface area (Å²) in [5, 5.41) is 33.2. The summed E-state index contributed by atoms with van der Waals surface area (Å²) in [5.74, 6) is -0.326. The average Bonchev–Trinajstić information content (AvgIpc) is 3.16. The summed E-state index contributed by atoms with van der Waals surface area (Å²) in [6, 6.07) is -0.761. The maximum Gasteiger partial charge on any atom is 0.222 e. The Labute approximate surface area is 336 Å². The van der Waals surface area contributed by atoms with Crippen molar-refractivity contribution in [3.8, 4) is 0 Å². The minimum absolute atomic E-state index is 0.00446. The van der Waals surface area contributed by atoms with Gasteiger partial charge in [0.15, 0.2) is 0 Å². The van der Waals surface area contributed by atoms with Crippen molar-refractivity contribution >= 4 is 5.91 Å². The van der Waals surface area contributed by atoms with Crippen LogP contribution in [-0.2, 0) is 4.79 Å².